The average Bonchev–Trinajstić information content (AvgIpc) is 2.85. The van der Waals surface area contributed by atoms with Crippen LogP contribution in [0.3, 0.4) is 0 Å². The number of hydrogen-bond acceptors (Lipinski definition) is 2. The molecule has 1 unspecified atom stereocenters. The van der Waals surface area contributed by atoms with Gasteiger partial charge in [-0.2, -0.15) is 0 Å². The molecule has 3 nitrogen and oxygen atoms in total. The van der Waals surface area contributed by atoms with Crippen LogP contribution in [-0.4, -0.2) is 12.5 Å². The van der Waals surface area contributed by atoms with Crippen molar-refractivity contribution in [2.45, 2.75) is 11.2 Å². The first-order valence-corrected chi connectivity index (χ1v) is 7.66. The number of amides is 1. The SMILES string of the molecule is O=C1NCCc2ccc(C(Br)c3ccc(Br)o3)cc21. The average molecular weight is 385 g/mol. The maximum atomic E-state index is 11.8. The van der Waals surface area contributed by atoms with Crippen LogP contribution >= 0.6 is 31.9 Å². The van der Waals surface area contributed by atoms with Gasteiger partial charge in [0.05, 0.1) is 4.83 Å². The van der Waals surface area contributed by atoms with E-state index < -0.39 is 0 Å². The second kappa shape index (κ2) is 5.13. The molecule has 1 aromatic heterocycles. The summed E-state index contributed by atoms with van der Waals surface area (Å²) in [6.45, 7) is 0.716. The molecule has 19 heavy (non-hydrogen) atoms. The molecule has 0 bridgehead atoms. The number of rotatable bonds is 2. The lowest BCUT2D eigenvalue weighted by Crippen LogP contribution is -2.31. The molecule has 0 fully saturated rings. The fraction of sp³-hybridized carbons (Fsp3) is 0.214. The predicted octanol–water partition coefficient (Wildman–Crippen LogP) is 3.81. The van der Waals surface area contributed by atoms with Crippen molar-refractivity contribution in [3.8, 4) is 0 Å². The Hall–Kier alpha value is -1.07. The molecular weight excluding hydrogens is 374 g/mol. The number of carbonyl (C=O) groups excluding carboxylic acids is 1. The van der Waals surface area contributed by atoms with Crippen LogP contribution in [0, 0.1) is 0 Å². The number of alkyl halides is 1. The Morgan fingerprint density at radius 3 is 2.84 bits per heavy atom. The number of halogens is 2. The smallest absolute Gasteiger partial charge is 0.251 e. The van der Waals surface area contributed by atoms with E-state index >= 15 is 0 Å². The molecule has 3 rings (SSSR count). The normalized spacial score (nSPS) is 15.8. The molecule has 2 aromatic rings. The van der Waals surface area contributed by atoms with Gasteiger partial charge in [0.1, 0.15) is 5.76 Å². The molecule has 2 heterocycles. The van der Waals surface area contributed by atoms with Crippen molar-refractivity contribution in [2.24, 2.45) is 0 Å². The molecule has 0 spiro atoms. The predicted molar refractivity (Wildman–Crippen MR) is 79.7 cm³/mol. The molecule has 98 valence electrons. The van der Waals surface area contributed by atoms with Gasteiger partial charge in [0.15, 0.2) is 4.67 Å². The molecule has 0 saturated heterocycles. The summed E-state index contributed by atoms with van der Waals surface area (Å²) in [5.74, 6) is 0.812. The maximum Gasteiger partial charge on any atom is 0.251 e. The van der Waals surface area contributed by atoms with Crippen molar-refractivity contribution in [3.05, 3.63) is 57.5 Å². The van der Waals surface area contributed by atoms with E-state index in [1.807, 2.05) is 30.3 Å². The van der Waals surface area contributed by atoms with E-state index in [2.05, 4.69) is 37.2 Å². The Morgan fingerprint density at radius 2 is 2.11 bits per heavy atom. The van der Waals surface area contributed by atoms with E-state index in [-0.39, 0.29) is 10.7 Å². The van der Waals surface area contributed by atoms with Gasteiger partial charge in [0, 0.05) is 12.1 Å². The fourth-order valence-corrected chi connectivity index (χ4v) is 3.07. The van der Waals surface area contributed by atoms with E-state index in [1.54, 1.807) is 0 Å². The lowest BCUT2D eigenvalue weighted by Gasteiger charge is -2.18. The number of nitrogens with one attached hydrogen (secondary N) is 1. The third kappa shape index (κ3) is 2.49. The van der Waals surface area contributed by atoms with Crippen molar-refractivity contribution >= 4 is 37.8 Å². The van der Waals surface area contributed by atoms with Crippen LogP contribution in [0.1, 0.15) is 32.1 Å². The minimum atomic E-state index is -0.0566. The first-order chi connectivity index (χ1) is 9.15. The second-order valence-electron chi connectivity index (χ2n) is 4.43. The van der Waals surface area contributed by atoms with Gasteiger partial charge >= 0.3 is 0 Å². The van der Waals surface area contributed by atoms with Gasteiger partial charge in [0.2, 0.25) is 0 Å². The minimum Gasteiger partial charge on any atom is -0.453 e. The van der Waals surface area contributed by atoms with Gasteiger partial charge in [-0.3, -0.25) is 4.79 Å². The number of fused-ring (bicyclic) bond motifs is 1. The van der Waals surface area contributed by atoms with Gasteiger partial charge in [-0.15, -0.1) is 0 Å². The van der Waals surface area contributed by atoms with Crippen LogP contribution < -0.4 is 5.32 Å². The highest BCUT2D eigenvalue weighted by atomic mass is 79.9. The molecule has 1 N–H and O–H groups in total. The fourth-order valence-electron chi connectivity index (χ4n) is 2.22. The van der Waals surface area contributed by atoms with Gasteiger partial charge in [-0.25, -0.2) is 0 Å². The van der Waals surface area contributed by atoms with Crippen LogP contribution in [0.2, 0.25) is 0 Å². The monoisotopic (exact) mass is 383 g/mol. The third-order valence-electron chi connectivity index (χ3n) is 3.19. The highest BCUT2D eigenvalue weighted by Gasteiger charge is 2.20. The van der Waals surface area contributed by atoms with Crippen molar-refractivity contribution in [3.63, 3.8) is 0 Å². The first kappa shape index (κ1) is 12.9. The molecule has 0 radical (unpaired) electrons. The summed E-state index contributed by atoms with van der Waals surface area (Å²) < 4.78 is 6.24. The quantitative estimate of drug-likeness (QED) is 0.800. The van der Waals surface area contributed by atoms with E-state index in [0.717, 1.165) is 28.9 Å². The summed E-state index contributed by atoms with van der Waals surface area (Å²) in [7, 11) is 0. The van der Waals surface area contributed by atoms with E-state index in [0.29, 0.717) is 11.2 Å². The van der Waals surface area contributed by atoms with E-state index in [1.165, 1.54) is 0 Å². The third-order valence-corrected chi connectivity index (χ3v) is 4.60. The molecule has 1 aliphatic heterocycles. The molecule has 0 saturated carbocycles. The zero-order valence-electron chi connectivity index (χ0n) is 9.95. The van der Waals surface area contributed by atoms with Crippen LogP contribution in [-0.2, 0) is 6.42 Å². The van der Waals surface area contributed by atoms with Gasteiger partial charge < -0.3 is 9.73 Å². The Balaban J connectivity index is 1.97. The van der Waals surface area contributed by atoms with Crippen molar-refractivity contribution < 1.29 is 9.21 Å². The Labute approximate surface area is 127 Å². The zero-order valence-corrected chi connectivity index (χ0v) is 13.1. The number of carbonyl (C=O) groups is 1. The van der Waals surface area contributed by atoms with Gasteiger partial charge in [-0.1, -0.05) is 28.1 Å². The summed E-state index contributed by atoms with van der Waals surface area (Å²) in [6, 6.07) is 9.75. The van der Waals surface area contributed by atoms with Crippen molar-refractivity contribution in [1.82, 2.24) is 5.32 Å². The second-order valence-corrected chi connectivity index (χ2v) is 6.12. The van der Waals surface area contributed by atoms with Crippen LogP contribution in [0.25, 0.3) is 0 Å². The van der Waals surface area contributed by atoms with Crippen LogP contribution in [0.15, 0.2) is 39.4 Å². The minimum absolute atomic E-state index is 0.00317. The Bertz CT molecular complexity index is 636. The van der Waals surface area contributed by atoms with Crippen LogP contribution in [0.4, 0.5) is 0 Å². The summed E-state index contributed by atoms with van der Waals surface area (Å²) >= 11 is 6.90. The molecule has 1 amide bonds. The summed E-state index contributed by atoms with van der Waals surface area (Å²) in [4.78, 5) is 11.8. The Kier molecular flexibility index (Phi) is 3.50. The first-order valence-electron chi connectivity index (χ1n) is 5.95. The number of furan rings is 1. The van der Waals surface area contributed by atoms with Gasteiger partial charge in [0.25, 0.3) is 5.91 Å². The van der Waals surface area contributed by atoms with Crippen molar-refractivity contribution in [2.75, 3.05) is 6.54 Å². The lowest BCUT2D eigenvalue weighted by atomic mass is 9.96. The number of benzene rings is 1. The molecule has 0 aliphatic carbocycles. The largest absolute Gasteiger partial charge is 0.453 e. The van der Waals surface area contributed by atoms with Gasteiger partial charge in [-0.05, 0) is 51.7 Å². The zero-order chi connectivity index (χ0) is 13.4. The topological polar surface area (TPSA) is 42.2 Å². The highest BCUT2D eigenvalue weighted by molar-refractivity contribution is 9.10. The molecule has 1 aromatic carbocycles. The highest BCUT2D eigenvalue weighted by Crippen LogP contribution is 2.34. The maximum absolute atomic E-state index is 11.8. The van der Waals surface area contributed by atoms with Crippen molar-refractivity contribution in [1.29, 1.82) is 0 Å². The lowest BCUT2D eigenvalue weighted by molar-refractivity contribution is 0.0946. The molecular formula is C14H11Br2NO2. The van der Waals surface area contributed by atoms with Crippen LogP contribution in [0.5, 0.6) is 0 Å². The Morgan fingerprint density at radius 1 is 1.26 bits per heavy atom. The summed E-state index contributed by atoms with van der Waals surface area (Å²) in [5.41, 5.74) is 2.88. The summed E-state index contributed by atoms with van der Waals surface area (Å²) in [5, 5.41) is 2.86. The van der Waals surface area contributed by atoms with E-state index in [4.69, 9.17) is 4.42 Å². The molecule has 5 heteroatoms. The number of hydrogen-bond donors (Lipinski definition) is 1. The molecule has 1 aliphatic rings. The molecule has 1 atom stereocenters. The summed E-state index contributed by atoms with van der Waals surface area (Å²) in [6.07, 6.45) is 0.889. The van der Waals surface area contributed by atoms with E-state index in [9.17, 15) is 4.79 Å². The standard InChI is InChI=1S/C14H11Br2NO2/c15-12-4-3-11(19-12)13(16)9-2-1-8-5-6-17-14(18)10(8)7-9/h1-4,7,13H,5-6H2,(H,17,18).